The lowest BCUT2D eigenvalue weighted by molar-refractivity contribution is -0.134. The first kappa shape index (κ1) is 13.1. The topological polar surface area (TPSA) is 35.6 Å². The van der Waals surface area contributed by atoms with Crippen molar-refractivity contribution < 1.29 is 4.79 Å². The van der Waals surface area contributed by atoms with E-state index in [0.717, 1.165) is 52.1 Å². The van der Waals surface area contributed by atoms with Crippen LogP contribution in [0.5, 0.6) is 0 Å². The molecule has 1 aromatic rings. The second-order valence-electron chi connectivity index (χ2n) is 5.33. The molecule has 2 fully saturated rings. The molecule has 0 aromatic carbocycles. The molecular formula is C14H21N3OS. The monoisotopic (exact) mass is 279 g/mol. The van der Waals surface area contributed by atoms with Crippen molar-refractivity contribution in [2.75, 3.05) is 32.7 Å². The fourth-order valence-corrected chi connectivity index (χ4v) is 3.61. The third-order valence-corrected chi connectivity index (χ3v) is 4.86. The highest BCUT2D eigenvalue weighted by molar-refractivity contribution is 7.09. The minimum Gasteiger partial charge on any atom is -0.339 e. The predicted molar refractivity (Wildman–Crippen MR) is 77.2 cm³/mol. The van der Waals surface area contributed by atoms with E-state index in [1.54, 1.807) is 0 Å². The summed E-state index contributed by atoms with van der Waals surface area (Å²) in [7, 11) is 0. The molecule has 3 rings (SSSR count). The largest absolute Gasteiger partial charge is 0.339 e. The molecule has 1 aromatic heterocycles. The van der Waals surface area contributed by atoms with Crippen molar-refractivity contribution >= 4 is 17.2 Å². The first-order valence-electron chi connectivity index (χ1n) is 7.10. The van der Waals surface area contributed by atoms with Gasteiger partial charge in [0.15, 0.2) is 0 Å². The van der Waals surface area contributed by atoms with Crippen molar-refractivity contribution in [3.63, 3.8) is 0 Å². The molecule has 104 valence electrons. The number of piperazine rings is 1. The zero-order valence-corrected chi connectivity index (χ0v) is 12.0. The summed E-state index contributed by atoms with van der Waals surface area (Å²) < 4.78 is 0. The Balaban J connectivity index is 1.47. The minimum atomic E-state index is 0.0869. The molecule has 19 heavy (non-hydrogen) atoms. The van der Waals surface area contributed by atoms with Gasteiger partial charge >= 0.3 is 0 Å². The van der Waals surface area contributed by atoms with Crippen molar-refractivity contribution in [2.45, 2.75) is 25.4 Å². The van der Waals surface area contributed by atoms with E-state index in [9.17, 15) is 4.79 Å². The summed E-state index contributed by atoms with van der Waals surface area (Å²) in [6.45, 7) is 5.77. The van der Waals surface area contributed by atoms with E-state index in [1.165, 1.54) is 4.88 Å². The van der Waals surface area contributed by atoms with E-state index in [-0.39, 0.29) is 6.04 Å². The lowest BCUT2D eigenvalue weighted by atomic mass is 10.2. The highest BCUT2D eigenvalue weighted by atomic mass is 32.1. The van der Waals surface area contributed by atoms with Gasteiger partial charge in [-0.2, -0.15) is 0 Å². The normalized spacial score (nSPS) is 24.8. The lowest BCUT2D eigenvalue weighted by Gasteiger charge is -2.35. The third-order valence-electron chi connectivity index (χ3n) is 4.00. The fraction of sp³-hybridized carbons (Fsp3) is 0.643. The highest BCUT2D eigenvalue weighted by Crippen LogP contribution is 2.15. The second kappa shape index (κ2) is 6.03. The molecule has 0 bridgehead atoms. The maximum atomic E-state index is 12.3. The van der Waals surface area contributed by atoms with Crippen LogP contribution in [0.3, 0.4) is 0 Å². The van der Waals surface area contributed by atoms with Crippen LogP contribution in [0.4, 0.5) is 0 Å². The lowest BCUT2D eigenvalue weighted by Crippen LogP contribution is -2.52. The molecule has 0 spiro atoms. The van der Waals surface area contributed by atoms with Gasteiger partial charge in [0, 0.05) is 37.6 Å². The molecule has 2 saturated heterocycles. The van der Waals surface area contributed by atoms with Gasteiger partial charge in [-0.15, -0.1) is 11.3 Å². The maximum Gasteiger partial charge on any atom is 0.239 e. The molecule has 0 radical (unpaired) electrons. The average Bonchev–Trinajstić information content (AvgIpc) is 3.12. The summed E-state index contributed by atoms with van der Waals surface area (Å²) in [6, 6.07) is 4.37. The Morgan fingerprint density at radius 3 is 2.84 bits per heavy atom. The number of hydrogen-bond acceptors (Lipinski definition) is 4. The van der Waals surface area contributed by atoms with Crippen molar-refractivity contribution in [1.82, 2.24) is 15.1 Å². The van der Waals surface area contributed by atoms with E-state index in [4.69, 9.17) is 0 Å². The van der Waals surface area contributed by atoms with Crippen LogP contribution >= 0.6 is 11.3 Å². The molecule has 2 aliphatic heterocycles. The van der Waals surface area contributed by atoms with Crippen LogP contribution in [0.15, 0.2) is 17.5 Å². The van der Waals surface area contributed by atoms with Crippen LogP contribution in [0.2, 0.25) is 0 Å². The molecular weight excluding hydrogens is 258 g/mol. The summed E-state index contributed by atoms with van der Waals surface area (Å²) in [6.07, 6.45) is 2.14. The molecule has 1 atom stereocenters. The van der Waals surface area contributed by atoms with Gasteiger partial charge in [0.1, 0.15) is 0 Å². The molecule has 0 aliphatic carbocycles. The van der Waals surface area contributed by atoms with Crippen LogP contribution in [0, 0.1) is 0 Å². The number of hydrogen-bond donors (Lipinski definition) is 1. The van der Waals surface area contributed by atoms with Crippen molar-refractivity contribution in [3.05, 3.63) is 22.4 Å². The Kier molecular flexibility index (Phi) is 4.15. The van der Waals surface area contributed by atoms with Gasteiger partial charge in [0.25, 0.3) is 0 Å². The minimum absolute atomic E-state index is 0.0869. The molecule has 1 N–H and O–H groups in total. The summed E-state index contributed by atoms with van der Waals surface area (Å²) in [5, 5.41) is 5.42. The Morgan fingerprint density at radius 1 is 1.37 bits per heavy atom. The molecule has 0 saturated carbocycles. The second-order valence-corrected chi connectivity index (χ2v) is 6.36. The van der Waals surface area contributed by atoms with Gasteiger partial charge in [-0.3, -0.25) is 9.69 Å². The SMILES string of the molecule is O=C([C@H]1CCCN1)N1CCN(Cc2cccs2)CC1. The smallest absolute Gasteiger partial charge is 0.239 e. The van der Waals surface area contributed by atoms with E-state index >= 15 is 0 Å². The number of rotatable bonds is 3. The van der Waals surface area contributed by atoms with E-state index in [0.29, 0.717) is 5.91 Å². The summed E-state index contributed by atoms with van der Waals surface area (Å²) >= 11 is 1.81. The predicted octanol–water partition coefficient (Wildman–Crippen LogP) is 1.14. The van der Waals surface area contributed by atoms with Crippen LogP contribution in [0.25, 0.3) is 0 Å². The number of nitrogens with one attached hydrogen (secondary N) is 1. The molecule has 1 amide bonds. The van der Waals surface area contributed by atoms with Gasteiger partial charge < -0.3 is 10.2 Å². The fourth-order valence-electron chi connectivity index (χ4n) is 2.87. The van der Waals surface area contributed by atoms with Gasteiger partial charge in [-0.05, 0) is 30.8 Å². The van der Waals surface area contributed by atoms with Gasteiger partial charge in [0.2, 0.25) is 5.91 Å². The van der Waals surface area contributed by atoms with Crippen LogP contribution in [-0.4, -0.2) is 54.5 Å². The first-order valence-corrected chi connectivity index (χ1v) is 7.98. The van der Waals surface area contributed by atoms with E-state index < -0.39 is 0 Å². The Hall–Kier alpha value is -0.910. The van der Waals surface area contributed by atoms with Crippen molar-refractivity contribution in [1.29, 1.82) is 0 Å². The Labute approximate surface area is 118 Å². The standard InChI is InChI=1S/C14H21N3OS/c18-14(13-4-1-5-15-13)17-8-6-16(7-9-17)11-12-3-2-10-19-12/h2-3,10,13,15H,1,4-9,11H2/t13-/m1/s1. The number of carbonyl (C=O) groups is 1. The Morgan fingerprint density at radius 2 is 2.21 bits per heavy atom. The molecule has 3 heterocycles. The molecule has 4 nitrogen and oxygen atoms in total. The summed E-state index contributed by atoms with van der Waals surface area (Å²) in [4.78, 5) is 18.2. The zero-order chi connectivity index (χ0) is 13.1. The number of amides is 1. The first-order chi connectivity index (χ1) is 9.33. The van der Waals surface area contributed by atoms with Crippen molar-refractivity contribution in [3.8, 4) is 0 Å². The Bertz CT molecular complexity index is 406. The van der Waals surface area contributed by atoms with E-state index in [2.05, 4.69) is 27.7 Å². The van der Waals surface area contributed by atoms with Crippen LogP contribution in [0.1, 0.15) is 17.7 Å². The zero-order valence-electron chi connectivity index (χ0n) is 11.2. The molecule has 5 heteroatoms. The average molecular weight is 279 g/mol. The van der Waals surface area contributed by atoms with Crippen molar-refractivity contribution in [2.24, 2.45) is 0 Å². The number of thiophene rings is 1. The van der Waals surface area contributed by atoms with Gasteiger partial charge in [0.05, 0.1) is 6.04 Å². The maximum absolute atomic E-state index is 12.3. The van der Waals surface area contributed by atoms with Crippen LogP contribution < -0.4 is 5.32 Å². The summed E-state index contributed by atoms with van der Waals surface area (Å²) in [5.74, 6) is 0.313. The van der Waals surface area contributed by atoms with Crippen LogP contribution in [-0.2, 0) is 11.3 Å². The molecule has 2 aliphatic rings. The summed E-state index contributed by atoms with van der Waals surface area (Å²) in [5.41, 5.74) is 0. The number of carbonyl (C=O) groups excluding carboxylic acids is 1. The third kappa shape index (κ3) is 3.16. The quantitative estimate of drug-likeness (QED) is 0.901. The molecule has 0 unspecified atom stereocenters. The van der Waals surface area contributed by atoms with E-state index in [1.807, 2.05) is 16.2 Å². The highest BCUT2D eigenvalue weighted by Gasteiger charge is 2.29. The van der Waals surface area contributed by atoms with Gasteiger partial charge in [-0.1, -0.05) is 6.07 Å². The van der Waals surface area contributed by atoms with Gasteiger partial charge in [-0.25, -0.2) is 0 Å². The number of nitrogens with zero attached hydrogens (tertiary/aromatic N) is 2.